The van der Waals surface area contributed by atoms with E-state index in [0.717, 1.165) is 23.1 Å². The van der Waals surface area contributed by atoms with Crippen LogP contribution in [0.1, 0.15) is 17.5 Å². The molecular formula is C17H14O4. The average molecular weight is 282 g/mol. The van der Waals surface area contributed by atoms with Gasteiger partial charge in [0.1, 0.15) is 29.6 Å². The van der Waals surface area contributed by atoms with Crippen LogP contribution in [-0.4, -0.2) is 23.4 Å². The number of benzene rings is 2. The van der Waals surface area contributed by atoms with Crippen LogP contribution in [0.2, 0.25) is 0 Å². The summed E-state index contributed by atoms with van der Waals surface area (Å²) in [5, 5.41) is 19.2. The van der Waals surface area contributed by atoms with Crippen LogP contribution in [0.25, 0.3) is 11.1 Å². The molecule has 0 bridgehead atoms. The molecule has 106 valence electrons. The predicted molar refractivity (Wildman–Crippen MR) is 78.6 cm³/mol. The highest BCUT2D eigenvalue weighted by Crippen LogP contribution is 2.44. The number of rotatable bonds is 0. The Labute approximate surface area is 121 Å². The average Bonchev–Trinajstić information content (AvgIpc) is 2.65. The molecule has 0 saturated carbocycles. The lowest BCUT2D eigenvalue weighted by molar-refractivity contribution is 0.326. The first-order valence-electron chi connectivity index (χ1n) is 6.87. The van der Waals surface area contributed by atoms with E-state index in [4.69, 9.17) is 9.47 Å². The summed E-state index contributed by atoms with van der Waals surface area (Å²) in [6.45, 7) is 0.989. The lowest BCUT2D eigenvalue weighted by Gasteiger charge is -2.23. The molecule has 21 heavy (non-hydrogen) atoms. The van der Waals surface area contributed by atoms with Gasteiger partial charge in [-0.1, -0.05) is 0 Å². The minimum absolute atomic E-state index is 0.194. The van der Waals surface area contributed by atoms with E-state index in [0.29, 0.717) is 24.7 Å². The van der Waals surface area contributed by atoms with Crippen LogP contribution in [-0.2, 0) is 0 Å². The third kappa shape index (κ3) is 1.91. The molecule has 4 heteroatoms. The van der Waals surface area contributed by atoms with E-state index in [1.165, 1.54) is 5.57 Å². The Balaban J connectivity index is 1.93. The first kappa shape index (κ1) is 12.1. The van der Waals surface area contributed by atoms with Gasteiger partial charge in [0.05, 0.1) is 6.61 Å². The first-order valence-corrected chi connectivity index (χ1v) is 6.87. The van der Waals surface area contributed by atoms with Gasteiger partial charge in [-0.05, 0) is 29.8 Å². The zero-order valence-corrected chi connectivity index (χ0v) is 11.3. The normalized spacial score (nSPS) is 16.0. The maximum atomic E-state index is 9.61. The minimum atomic E-state index is 0.194. The Morgan fingerprint density at radius 3 is 2.10 bits per heavy atom. The second-order valence-corrected chi connectivity index (χ2v) is 5.21. The summed E-state index contributed by atoms with van der Waals surface area (Å²) in [7, 11) is 0. The summed E-state index contributed by atoms with van der Waals surface area (Å²) in [5.74, 6) is 1.79. The molecule has 4 nitrogen and oxygen atoms in total. The van der Waals surface area contributed by atoms with Crippen LogP contribution in [0.5, 0.6) is 23.0 Å². The molecule has 0 saturated heterocycles. The van der Waals surface area contributed by atoms with Crippen LogP contribution in [0, 0.1) is 0 Å². The van der Waals surface area contributed by atoms with Crippen molar-refractivity contribution < 1.29 is 19.7 Å². The van der Waals surface area contributed by atoms with Gasteiger partial charge in [-0.15, -0.1) is 0 Å². The first-order chi connectivity index (χ1) is 10.2. The van der Waals surface area contributed by atoms with Gasteiger partial charge < -0.3 is 19.7 Å². The standard InChI is InChI=1S/C17H14O4/c18-10-2-4-14-15-9-21-17-8-11(19)1-3-13(17)12(15)5-6-20-16(14)7-10/h1-4,7-8,18-19H,5-6,9H2. The quantitative estimate of drug-likeness (QED) is 0.779. The van der Waals surface area contributed by atoms with Gasteiger partial charge in [-0.2, -0.15) is 0 Å². The summed E-state index contributed by atoms with van der Waals surface area (Å²) in [4.78, 5) is 0. The number of phenolic OH excluding ortho intramolecular Hbond substituents is 2. The molecule has 2 N–H and O–H groups in total. The van der Waals surface area contributed by atoms with Gasteiger partial charge in [-0.3, -0.25) is 0 Å². The lowest BCUT2D eigenvalue weighted by Crippen LogP contribution is -2.10. The van der Waals surface area contributed by atoms with Crippen molar-refractivity contribution in [1.29, 1.82) is 0 Å². The third-order valence-corrected chi connectivity index (χ3v) is 3.93. The Morgan fingerprint density at radius 2 is 1.38 bits per heavy atom. The van der Waals surface area contributed by atoms with E-state index in [1.54, 1.807) is 24.3 Å². The van der Waals surface area contributed by atoms with Crippen molar-refractivity contribution in [1.82, 2.24) is 0 Å². The van der Waals surface area contributed by atoms with Gasteiger partial charge >= 0.3 is 0 Å². The number of hydrogen-bond donors (Lipinski definition) is 2. The Morgan fingerprint density at radius 1 is 0.762 bits per heavy atom. The molecule has 0 radical (unpaired) electrons. The number of aromatic hydroxyl groups is 2. The highest BCUT2D eigenvalue weighted by molar-refractivity contribution is 5.96. The number of hydrogen-bond acceptors (Lipinski definition) is 4. The second kappa shape index (κ2) is 4.45. The summed E-state index contributed by atoms with van der Waals surface area (Å²) in [5.41, 5.74) is 4.22. The van der Waals surface area contributed by atoms with E-state index in [-0.39, 0.29) is 11.5 Å². The summed E-state index contributed by atoms with van der Waals surface area (Å²) in [6, 6.07) is 10.3. The van der Waals surface area contributed by atoms with E-state index >= 15 is 0 Å². The van der Waals surface area contributed by atoms with E-state index in [1.807, 2.05) is 12.1 Å². The third-order valence-electron chi connectivity index (χ3n) is 3.93. The molecule has 0 unspecified atom stereocenters. The van der Waals surface area contributed by atoms with Gasteiger partial charge in [0.15, 0.2) is 0 Å². The van der Waals surface area contributed by atoms with E-state index in [2.05, 4.69) is 0 Å². The van der Waals surface area contributed by atoms with Gasteiger partial charge in [0, 0.05) is 35.3 Å². The zero-order chi connectivity index (χ0) is 14.4. The Hall–Kier alpha value is -2.62. The monoisotopic (exact) mass is 282 g/mol. The van der Waals surface area contributed by atoms with Gasteiger partial charge in [0.25, 0.3) is 0 Å². The summed E-state index contributed by atoms with van der Waals surface area (Å²) < 4.78 is 11.5. The summed E-state index contributed by atoms with van der Waals surface area (Å²) in [6.07, 6.45) is 0.770. The molecule has 2 aromatic rings. The topological polar surface area (TPSA) is 58.9 Å². The minimum Gasteiger partial charge on any atom is -0.508 e. The van der Waals surface area contributed by atoms with Crippen LogP contribution in [0.4, 0.5) is 0 Å². The van der Waals surface area contributed by atoms with Crippen LogP contribution in [0.3, 0.4) is 0 Å². The molecule has 2 heterocycles. The van der Waals surface area contributed by atoms with Crippen molar-refractivity contribution >= 4 is 11.1 Å². The molecule has 0 atom stereocenters. The molecule has 2 aromatic carbocycles. The fraction of sp³-hybridized carbons (Fsp3) is 0.176. The Kier molecular flexibility index (Phi) is 2.57. The maximum absolute atomic E-state index is 9.61. The molecule has 0 aromatic heterocycles. The smallest absolute Gasteiger partial charge is 0.131 e. The molecule has 0 amide bonds. The molecular weight excluding hydrogens is 268 g/mol. The van der Waals surface area contributed by atoms with Gasteiger partial charge in [-0.25, -0.2) is 0 Å². The van der Waals surface area contributed by atoms with Gasteiger partial charge in [0.2, 0.25) is 0 Å². The van der Waals surface area contributed by atoms with Crippen LogP contribution >= 0.6 is 0 Å². The predicted octanol–water partition coefficient (Wildman–Crippen LogP) is 3.18. The fourth-order valence-corrected chi connectivity index (χ4v) is 2.95. The SMILES string of the molecule is Oc1ccc2c(c1)OCC1=C2CCOc2cc(O)ccc21. The highest BCUT2D eigenvalue weighted by atomic mass is 16.5. The summed E-state index contributed by atoms with van der Waals surface area (Å²) >= 11 is 0. The van der Waals surface area contributed by atoms with Crippen molar-refractivity contribution in [3.8, 4) is 23.0 Å². The molecule has 0 spiro atoms. The van der Waals surface area contributed by atoms with Crippen molar-refractivity contribution in [2.45, 2.75) is 6.42 Å². The van der Waals surface area contributed by atoms with Crippen molar-refractivity contribution in [3.63, 3.8) is 0 Å². The largest absolute Gasteiger partial charge is 0.508 e. The van der Waals surface area contributed by atoms with Crippen LogP contribution < -0.4 is 9.47 Å². The number of ether oxygens (including phenoxy) is 2. The maximum Gasteiger partial charge on any atom is 0.131 e. The fourth-order valence-electron chi connectivity index (χ4n) is 2.95. The number of phenols is 2. The highest BCUT2D eigenvalue weighted by Gasteiger charge is 2.26. The molecule has 2 aliphatic heterocycles. The van der Waals surface area contributed by atoms with E-state index in [9.17, 15) is 10.2 Å². The lowest BCUT2D eigenvalue weighted by atomic mass is 9.91. The molecule has 0 fully saturated rings. The van der Waals surface area contributed by atoms with E-state index < -0.39 is 0 Å². The molecule has 0 aliphatic carbocycles. The number of fused-ring (bicyclic) bond motifs is 4. The zero-order valence-electron chi connectivity index (χ0n) is 11.3. The molecule has 4 rings (SSSR count). The second-order valence-electron chi connectivity index (χ2n) is 5.21. The van der Waals surface area contributed by atoms with Crippen molar-refractivity contribution in [3.05, 3.63) is 47.5 Å². The van der Waals surface area contributed by atoms with Crippen molar-refractivity contribution in [2.24, 2.45) is 0 Å². The Bertz CT molecular complexity index is 761. The molecule has 2 aliphatic rings. The van der Waals surface area contributed by atoms with Crippen molar-refractivity contribution in [2.75, 3.05) is 13.2 Å². The van der Waals surface area contributed by atoms with Crippen LogP contribution in [0.15, 0.2) is 36.4 Å².